The summed E-state index contributed by atoms with van der Waals surface area (Å²) in [6.07, 6.45) is 0. The lowest BCUT2D eigenvalue weighted by Gasteiger charge is -2.21. The van der Waals surface area contributed by atoms with Crippen LogP contribution in [0.1, 0.15) is 25.0 Å². The van der Waals surface area contributed by atoms with Gasteiger partial charge in [0.25, 0.3) is 0 Å². The van der Waals surface area contributed by atoms with Gasteiger partial charge in [0.15, 0.2) is 0 Å². The van der Waals surface area contributed by atoms with E-state index in [-0.39, 0.29) is 0 Å². The van der Waals surface area contributed by atoms with Crippen LogP contribution < -0.4 is 10.2 Å². The normalized spacial score (nSPS) is 10.5. The van der Waals surface area contributed by atoms with Gasteiger partial charge >= 0.3 is 0 Å². The lowest BCUT2D eigenvalue weighted by molar-refractivity contribution is 0.865. The fourth-order valence-corrected chi connectivity index (χ4v) is 3.06. The molecule has 2 aromatic carbocycles. The van der Waals surface area contributed by atoms with Gasteiger partial charge in [-0.25, -0.2) is 0 Å². The van der Waals surface area contributed by atoms with Crippen molar-refractivity contribution in [3.05, 3.63) is 58.1 Å². The van der Waals surface area contributed by atoms with E-state index in [0.29, 0.717) is 0 Å². The minimum atomic E-state index is 0.842. The van der Waals surface area contributed by atoms with Crippen molar-refractivity contribution in [1.82, 2.24) is 0 Å². The molecule has 0 bridgehead atoms. The summed E-state index contributed by atoms with van der Waals surface area (Å²) in [7, 11) is 0. The Morgan fingerprint density at radius 3 is 2.24 bits per heavy atom. The third-order valence-electron chi connectivity index (χ3n) is 3.60. The van der Waals surface area contributed by atoms with Crippen molar-refractivity contribution in [2.45, 2.75) is 27.3 Å². The molecule has 0 saturated heterocycles. The van der Waals surface area contributed by atoms with Crippen LogP contribution in [0.2, 0.25) is 0 Å². The number of nitrogens with one attached hydrogen (secondary N) is 1. The summed E-state index contributed by atoms with van der Waals surface area (Å²) in [5, 5.41) is 3.48. The van der Waals surface area contributed by atoms with Crippen LogP contribution in [0.15, 0.2) is 46.9 Å². The second-order valence-electron chi connectivity index (χ2n) is 5.21. The van der Waals surface area contributed by atoms with Gasteiger partial charge in [0.2, 0.25) is 0 Å². The van der Waals surface area contributed by atoms with Gasteiger partial charge in [0.1, 0.15) is 0 Å². The molecule has 0 amide bonds. The van der Waals surface area contributed by atoms with E-state index >= 15 is 0 Å². The monoisotopic (exact) mass is 346 g/mol. The van der Waals surface area contributed by atoms with E-state index in [2.05, 4.69) is 89.4 Å². The van der Waals surface area contributed by atoms with Gasteiger partial charge in [0, 0.05) is 35.5 Å². The van der Waals surface area contributed by atoms with E-state index in [1.165, 1.54) is 16.8 Å². The molecule has 0 fully saturated rings. The molecule has 0 aromatic heterocycles. The van der Waals surface area contributed by atoms with E-state index in [1.807, 2.05) is 0 Å². The van der Waals surface area contributed by atoms with Crippen LogP contribution in [0.3, 0.4) is 0 Å². The quantitative estimate of drug-likeness (QED) is 0.771. The third-order valence-corrected chi connectivity index (χ3v) is 4.06. The van der Waals surface area contributed by atoms with Gasteiger partial charge in [-0.3, -0.25) is 0 Å². The largest absolute Gasteiger partial charge is 0.381 e. The maximum absolute atomic E-state index is 3.53. The molecule has 0 aliphatic rings. The average Bonchev–Trinajstić information content (AvgIpc) is 2.47. The minimum absolute atomic E-state index is 0.842. The highest BCUT2D eigenvalue weighted by Crippen LogP contribution is 2.20. The lowest BCUT2D eigenvalue weighted by Crippen LogP contribution is -2.21. The van der Waals surface area contributed by atoms with Gasteiger partial charge in [-0.1, -0.05) is 28.1 Å². The summed E-state index contributed by atoms with van der Waals surface area (Å²) >= 11 is 3.53. The number of aryl methyl sites for hydroxylation is 1. The molecule has 112 valence electrons. The second-order valence-corrected chi connectivity index (χ2v) is 6.13. The van der Waals surface area contributed by atoms with Gasteiger partial charge in [-0.15, -0.1) is 0 Å². The first-order chi connectivity index (χ1) is 10.1. The molecule has 0 saturated carbocycles. The SMILES string of the molecule is CCN(CC)c1ccc(CNc2cc(C)cc(Br)c2)cc1. The number of halogens is 1. The average molecular weight is 347 g/mol. The van der Waals surface area contributed by atoms with E-state index in [9.17, 15) is 0 Å². The third kappa shape index (κ3) is 4.50. The Labute approximate surface area is 136 Å². The van der Waals surface area contributed by atoms with Crippen molar-refractivity contribution < 1.29 is 0 Å². The van der Waals surface area contributed by atoms with E-state index < -0.39 is 0 Å². The highest BCUT2D eigenvalue weighted by molar-refractivity contribution is 9.10. The molecule has 0 unspecified atom stereocenters. The van der Waals surface area contributed by atoms with E-state index in [0.717, 1.165) is 29.8 Å². The Kier molecular flexibility index (Phi) is 5.68. The lowest BCUT2D eigenvalue weighted by atomic mass is 10.1. The molecule has 21 heavy (non-hydrogen) atoms. The molecule has 3 heteroatoms. The Bertz CT molecular complexity index is 554. The predicted molar refractivity (Wildman–Crippen MR) is 96.2 cm³/mol. The van der Waals surface area contributed by atoms with Crippen molar-refractivity contribution >= 4 is 27.3 Å². The van der Waals surface area contributed by atoms with E-state index in [4.69, 9.17) is 0 Å². The first-order valence-electron chi connectivity index (χ1n) is 7.47. The van der Waals surface area contributed by atoms with Crippen LogP contribution in [-0.2, 0) is 6.54 Å². The van der Waals surface area contributed by atoms with E-state index in [1.54, 1.807) is 0 Å². The standard InChI is InChI=1S/C18H23BrN2/c1-4-21(5-2)18-8-6-15(7-9-18)13-20-17-11-14(3)10-16(19)12-17/h6-12,20H,4-5,13H2,1-3H3. The van der Waals surface area contributed by atoms with Gasteiger partial charge in [-0.2, -0.15) is 0 Å². The molecule has 2 rings (SSSR count). The summed E-state index contributed by atoms with van der Waals surface area (Å²) in [5.41, 5.74) is 4.99. The molecule has 0 heterocycles. The fourth-order valence-electron chi connectivity index (χ4n) is 2.46. The van der Waals surface area contributed by atoms with Crippen LogP contribution in [0.4, 0.5) is 11.4 Å². The number of hydrogen-bond acceptors (Lipinski definition) is 2. The second kappa shape index (κ2) is 7.51. The number of anilines is 2. The van der Waals surface area contributed by atoms with Crippen molar-refractivity contribution in [1.29, 1.82) is 0 Å². The maximum Gasteiger partial charge on any atom is 0.0400 e. The first-order valence-corrected chi connectivity index (χ1v) is 8.26. The van der Waals surface area contributed by atoms with Crippen LogP contribution in [-0.4, -0.2) is 13.1 Å². The van der Waals surface area contributed by atoms with Crippen molar-refractivity contribution in [3.8, 4) is 0 Å². The number of hydrogen-bond donors (Lipinski definition) is 1. The molecular formula is C18H23BrN2. The zero-order valence-corrected chi connectivity index (χ0v) is 14.6. The molecule has 0 radical (unpaired) electrons. The zero-order chi connectivity index (χ0) is 15.2. The predicted octanol–water partition coefficient (Wildman–Crippen LogP) is 5.22. The fraction of sp³-hybridized carbons (Fsp3) is 0.333. The summed E-state index contributed by atoms with van der Waals surface area (Å²) in [4.78, 5) is 2.36. The Morgan fingerprint density at radius 2 is 1.67 bits per heavy atom. The number of nitrogens with zero attached hydrogens (tertiary/aromatic N) is 1. The van der Waals surface area contributed by atoms with Gasteiger partial charge in [0.05, 0.1) is 0 Å². The molecule has 0 atom stereocenters. The number of benzene rings is 2. The highest BCUT2D eigenvalue weighted by atomic mass is 79.9. The smallest absolute Gasteiger partial charge is 0.0400 e. The summed E-state index contributed by atoms with van der Waals surface area (Å²) in [6.45, 7) is 9.42. The Balaban J connectivity index is 2.00. The molecule has 2 nitrogen and oxygen atoms in total. The molecule has 0 aliphatic heterocycles. The minimum Gasteiger partial charge on any atom is -0.381 e. The molecular weight excluding hydrogens is 324 g/mol. The zero-order valence-electron chi connectivity index (χ0n) is 13.0. The van der Waals surface area contributed by atoms with Crippen LogP contribution in [0.5, 0.6) is 0 Å². The van der Waals surface area contributed by atoms with Crippen molar-refractivity contribution in [3.63, 3.8) is 0 Å². The Hall–Kier alpha value is -1.48. The summed E-state index contributed by atoms with van der Waals surface area (Å²) in [5.74, 6) is 0. The Morgan fingerprint density at radius 1 is 1.00 bits per heavy atom. The molecule has 0 aliphatic carbocycles. The van der Waals surface area contributed by atoms with Gasteiger partial charge < -0.3 is 10.2 Å². The maximum atomic E-state index is 3.53. The van der Waals surface area contributed by atoms with Crippen LogP contribution >= 0.6 is 15.9 Å². The molecule has 0 spiro atoms. The summed E-state index contributed by atoms with van der Waals surface area (Å²) < 4.78 is 1.11. The van der Waals surface area contributed by atoms with Gasteiger partial charge in [-0.05, 0) is 62.2 Å². The summed E-state index contributed by atoms with van der Waals surface area (Å²) in [6, 6.07) is 15.2. The number of rotatable bonds is 6. The van der Waals surface area contributed by atoms with Crippen LogP contribution in [0, 0.1) is 6.92 Å². The topological polar surface area (TPSA) is 15.3 Å². The van der Waals surface area contributed by atoms with Crippen LogP contribution in [0.25, 0.3) is 0 Å². The van der Waals surface area contributed by atoms with Crippen molar-refractivity contribution in [2.75, 3.05) is 23.3 Å². The van der Waals surface area contributed by atoms with Crippen molar-refractivity contribution in [2.24, 2.45) is 0 Å². The highest BCUT2D eigenvalue weighted by Gasteiger charge is 2.02. The molecule has 2 aromatic rings. The first kappa shape index (κ1) is 15.9. The molecule has 1 N–H and O–H groups in total.